The van der Waals surface area contributed by atoms with Crippen molar-refractivity contribution in [3.8, 4) is 23.1 Å². The number of rotatable bonds is 5. The molecule has 0 radical (unpaired) electrons. The zero-order valence-electron chi connectivity index (χ0n) is 15.3. The average molecular weight is 375 g/mol. The van der Waals surface area contributed by atoms with Crippen LogP contribution in [0, 0.1) is 0 Å². The summed E-state index contributed by atoms with van der Waals surface area (Å²) in [5, 5.41) is 4.85. The van der Waals surface area contributed by atoms with Gasteiger partial charge in [0.25, 0.3) is 5.56 Å². The van der Waals surface area contributed by atoms with E-state index >= 15 is 0 Å². The molecule has 0 bridgehead atoms. The van der Waals surface area contributed by atoms with Gasteiger partial charge in [-0.25, -0.2) is 4.98 Å². The van der Waals surface area contributed by atoms with E-state index in [0.29, 0.717) is 34.0 Å². The summed E-state index contributed by atoms with van der Waals surface area (Å²) in [7, 11) is 3.13. The molecular weight excluding hydrogens is 358 g/mol. The van der Waals surface area contributed by atoms with Gasteiger partial charge in [0.15, 0.2) is 17.3 Å². The largest absolute Gasteiger partial charge is 0.493 e. The quantitative estimate of drug-likeness (QED) is 0.499. The van der Waals surface area contributed by atoms with E-state index in [1.165, 1.54) is 10.9 Å². The van der Waals surface area contributed by atoms with Crippen molar-refractivity contribution in [2.24, 2.45) is 5.10 Å². The van der Waals surface area contributed by atoms with Crippen molar-refractivity contribution >= 4 is 17.1 Å². The highest BCUT2D eigenvalue weighted by molar-refractivity contribution is 5.82. The van der Waals surface area contributed by atoms with Gasteiger partial charge in [0.2, 0.25) is 5.82 Å². The summed E-state index contributed by atoms with van der Waals surface area (Å²) in [4.78, 5) is 17.6. The summed E-state index contributed by atoms with van der Waals surface area (Å²) < 4.78 is 17.2. The van der Waals surface area contributed by atoms with Gasteiger partial charge in [-0.1, -0.05) is 12.1 Å². The molecule has 2 heterocycles. The van der Waals surface area contributed by atoms with E-state index in [4.69, 9.17) is 13.9 Å². The minimum atomic E-state index is -0.284. The lowest BCUT2D eigenvalue weighted by molar-refractivity contribution is 0.355. The molecule has 4 rings (SSSR count). The molecule has 0 aliphatic rings. The fourth-order valence-electron chi connectivity index (χ4n) is 2.85. The lowest BCUT2D eigenvalue weighted by Crippen LogP contribution is -2.20. The summed E-state index contributed by atoms with van der Waals surface area (Å²) in [5.41, 5.74) is 1.04. The molecule has 0 N–H and O–H groups in total. The number of fused-ring (bicyclic) bond motifs is 1. The highest BCUT2D eigenvalue weighted by Crippen LogP contribution is 2.27. The van der Waals surface area contributed by atoms with E-state index < -0.39 is 0 Å². The lowest BCUT2D eigenvalue weighted by Gasteiger charge is -2.08. The molecule has 2 aromatic heterocycles. The van der Waals surface area contributed by atoms with Crippen LogP contribution in [0.4, 0.5) is 0 Å². The van der Waals surface area contributed by atoms with Gasteiger partial charge in [-0.05, 0) is 48.0 Å². The third-order valence-electron chi connectivity index (χ3n) is 4.23. The lowest BCUT2D eigenvalue weighted by atomic mass is 10.2. The van der Waals surface area contributed by atoms with E-state index in [1.54, 1.807) is 62.9 Å². The van der Waals surface area contributed by atoms with Crippen LogP contribution in [0.2, 0.25) is 0 Å². The second kappa shape index (κ2) is 7.40. The van der Waals surface area contributed by atoms with Crippen molar-refractivity contribution in [1.29, 1.82) is 0 Å². The first-order chi connectivity index (χ1) is 13.7. The summed E-state index contributed by atoms with van der Waals surface area (Å²) >= 11 is 0. The number of nitrogens with zero attached hydrogens (tertiary/aromatic N) is 3. The van der Waals surface area contributed by atoms with Gasteiger partial charge < -0.3 is 13.9 Å². The SMILES string of the molecule is COc1ccc(C=Nn2c(-c3ccco3)nc3ccccc3c2=O)cc1OC. The molecular formula is C21H17N3O4. The number of furan rings is 1. The normalized spacial score (nSPS) is 11.2. The van der Waals surface area contributed by atoms with Gasteiger partial charge in [-0.15, -0.1) is 0 Å². The van der Waals surface area contributed by atoms with E-state index in [0.717, 1.165) is 5.56 Å². The second-order valence-corrected chi connectivity index (χ2v) is 5.91. The summed E-state index contributed by atoms with van der Waals surface area (Å²) in [6.07, 6.45) is 3.09. The van der Waals surface area contributed by atoms with Crippen LogP contribution in [0.3, 0.4) is 0 Å². The van der Waals surface area contributed by atoms with E-state index in [1.807, 2.05) is 12.1 Å². The van der Waals surface area contributed by atoms with E-state index in [-0.39, 0.29) is 5.56 Å². The topological polar surface area (TPSA) is 78.9 Å². The number of benzene rings is 2. The Bertz CT molecular complexity index is 1210. The maximum atomic E-state index is 13.0. The maximum Gasteiger partial charge on any atom is 0.282 e. The standard InChI is InChI=1S/C21H17N3O4/c1-26-17-10-9-14(12-19(17)27-2)13-22-24-20(18-8-5-11-28-18)23-16-7-4-3-6-15(16)21(24)25/h3-13H,1-2H3. The van der Waals surface area contributed by atoms with Crippen molar-refractivity contribution < 1.29 is 13.9 Å². The van der Waals surface area contributed by atoms with Gasteiger partial charge in [0.05, 0.1) is 37.6 Å². The molecule has 0 aliphatic heterocycles. The summed E-state index contributed by atoms with van der Waals surface area (Å²) in [6, 6.07) is 16.0. The smallest absolute Gasteiger partial charge is 0.282 e. The molecule has 0 spiro atoms. The molecule has 0 atom stereocenters. The monoisotopic (exact) mass is 375 g/mol. The molecule has 0 amide bonds. The first kappa shape index (κ1) is 17.5. The number of methoxy groups -OCH3 is 2. The Kier molecular flexibility index (Phi) is 4.63. The van der Waals surface area contributed by atoms with Crippen molar-refractivity contribution in [1.82, 2.24) is 9.66 Å². The Morgan fingerprint density at radius 3 is 2.61 bits per heavy atom. The fraction of sp³-hybridized carbons (Fsp3) is 0.0952. The third-order valence-corrected chi connectivity index (χ3v) is 4.23. The third kappa shape index (κ3) is 3.14. The highest BCUT2D eigenvalue weighted by atomic mass is 16.5. The zero-order chi connectivity index (χ0) is 19.5. The second-order valence-electron chi connectivity index (χ2n) is 5.91. The minimum Gasteiger partial charge on any atom is -0.493 e. The molecule has 7 heteroatoms. The predicted octanol–water partition coefficient (Wildman–Crippen LogP) is 3.56. The molecule has 28 heavy (non-hydrogen) atoms. The summed E-state index contributed by atoms with van der Waals surface area (Å²) in [6.45, 7) is 0. The van der Waals surface area contributed by atoms with Crippen LogP contribution < -0.4 is 15.0 Å². The van der Waals surface area contributed by atoms with Gasteiger partial charge in [-0.2, -0.15) is 9.78 Å². The Labute approximate surface area is 160 Å². The molecule has 2 aromatic carbocycles. The Morgan fingerprint density at radius 2 is 1.86 bits per heavy atom. The highest BCUT2D eigenvalue weighted by Gasteiger charge is 2.14. The van der Waals surface area contributed by atoms with E-state index in [9.17, 15) is 4.79 Å². The number of hydrogen-bond donors (Lipinski definition) is 0. The molecule has 0 saturated heterocycles. The molecule has 7 nitrogen and oxygen atoms in total. The van der Waals surface area contributed by atoms with Crippen molar-refractivity contribution in [3.05, 3.63) is 76.8 Å². The van der Waals surface area contributed by atoms with Crippen LogP contribution in [0.1, 0.15) is 5.56 Å². The van der Waals surface area contributed by atoms with Crippen LogP contribution in [0.25, 0.3) is 22.5 Å². The van der Waals surface area contributed by atoms with Gasteiger partial charge in [-0.3, -0.25) is 4.79 Å². The van der Waals surface area contributed by atoms with Crippen LogP contribution in [0.15, 0.2) is 75.2 Å². The van der Waals surface area contributed by atoms with Gasteiger partial charge in [0, 0.05) is 0 Å². The maximum absolute atomic E-state index is 13.0. The molecule has 0 unspecified atom stereocenters. The molecule has 140 valence electrons. The van der Waals surface area contributed by atoms with Crippen LogP contribution in [-0.2, 0) is 0 Å². The van der Waals surface area contributed by atoms with Crippen molar-refractivity contribution in [3.63, 3.8) is 0 Å². The van der Waals surface area contributed by atoms with Gasteiger partial charge >= 0.3 is 0 Å². The average Bonchev–Trinajstić information content (AvgIpc) is 3.27. The molecule has 0 saturated carbocycles. The predicted molar refractivity (Wildman–Crippen MR) is 106 cm³/mol. The Balaban J connectivity index is 1.86. The van der Waals surface area contributed by atoms with Crippen molar-refractivity contribution in [2.45, 2.75) is 0 Å². The number of hydrogen-bond acceptors (Lipinski definition) is 6. The summed E-state index contributed by atoms with van der Waals surface area (Å²) in [5.74, 6) is 1.96. The van der Waals surface area contributed by atoms with Crippen LogP contribution in [-0.4, -0.2) is 30.1 Å². The first-order valence-electron chi connectivity index (χ1n) is 8.53. The molecule has 0 fully saturated rings. The zero-order valence-corrected chi connectivity index (χ0v) is 15.3. The number of para-hydroxylation sites is 1. The van der Waals surface area contributed by atoms with E-state index in [2.05, 4.69) is 10.1 Å². The number of aromatic nitrogens is 2. The number of ether oxygens (including phenoxy) is 2. The Morgan fingerprint density at radius 1 is 1.04 bits per heavy atom. The van der Waals surface area contributed by atoms with Gasteiger partial charge in [0.1, 0.15) is 0 Å². The van der Waals surface area contributed by atoms with Crippen LogP contribution >= 0.6 is 0 Å². The molecule has 0 aliphatic carbocycles. The fourth-order valence-corrected chi connectivity index (χ4v) is 2.85. The molecule has 4 aromatic rings. The van der Waals surface area contributed by atoms with Crippen LogP contribution in [0.5, 0.6) is 11.5 Å². The minimum absolute atomic E-state index is 0.284. The Hall–Kier alpha value is -3.87. The van der Waals surface area contributed by atoms with Crippen molar-refractivity contribution in [2.75, 3.05) is 14.2 Å². The first-order valence-corrected chi connectivity index (χ1v) is 8.53.